The van der Waals surface area contributed by atoms with Crippen LogP contribution in [-0.2, 0) is 10.8 Å². The zero-order valence-corrected chi connectivity index (χ0v) is 18.4. The van der Waals surface area contributed by atoms with Gasteiger partial charge in [-0.05, 0) is 70.0 Å². The van der Waals surface area contributed by atoms with Crippen LogP contribution in [0.4, 0.5) is 0 Å². The minimum Gasteiger partial charge on any atom is -0.0616 e. The van der Waals surface area contributed by atoms with E-state index < -0.39 is 0 Å². The second-order valence-corrected chi connectivity index (χ2v) is 10.2. The third kappa shape index (κ3) is 2.82. The molecule has 0 saturated heterocycles. The van der Waals surface area contributed by atoms with Crippen LogP contribution in [0.2, 0.25) is 0 Å². The summed E-state index contributed by atoms with van der Waals surface area (Å²) in [5.74, 6) is 0. The van der Waals surface area contributed by atoms with E-state index >= 15 is 0 Å². The van der Waals surface area contributed by atoms with E-state index in [4.69, 9.17) is 0 Å². The van der Waals surface area contributed by atoms with E-state index in [0.29, 0.717) is 0 Å². The number of fused-ring (bicyclic) bond motifs is 2. The van der Waals surface area contributed by atoms with E-state index in [0.717, 1.165) is 0 Å². The Morgan fingerprint density at radius 3 is 1.67 bits per heavy atom. The Morgan fingerprint density at radius 1 is 0.625 bits per heavy atom. The number of hydrogen-bond acceptors (Lipinski definition) is 0. The van der Waals surface area contributed by atoms with Gasteiger partial charge < -0.3 is 0 Å². The molecule has 0 spiro atoms. The molecule has 3 aromatic carbocycles. The summed E-state index contributed by atoms with van der Waals surface area (Å²) in [4.78, 5) is 0. The Hall–Kier alpha value is -0.860. The number of hydrogen-bond donors (Lipinski definition) is 0. The lowest BCUT2D eigenvalue weighted by Crippen LogP contribution is -2.22. The molecule has 0 aliphatic carbocycles. The summed E-state index contributed by atoms with van der Waals surface area (Å²) in [6.45, 7) is 13.8. The maximum absolute atomic E-state index is 3.94. The van der Waals surface area contributed by atoms with Crippen LogP contribution in [0.5, 0.6) is 0 Å². The van der Waals surface area contributed by atoms with E-state index in [9.17, 15) is 0 Å². The summed E-state index contributed by atoms with van der Waals surface area (Å²) >= 11 is 7.81. The summed E-state index contributed by atoms with van der Waals surface area (Å²) in [6, 6.07) is 13.2. The third-order valence-corrected chi connectivity index (χ3v) is 6.30. The molecule has 0 aliphatic heterocycles. The van der Waals surface area contributed by atoms with Crippen LogP contribution in [-0.4, -0.2) is 0 Å². The zero-order chi connectivity index (χ0) is 17.9. The highest BCUT2D eigenvalue weighted by Gasteiger charge is 2.29. The molecule has 126 valence electrons. The molecule has 0 aliphatic rings. The smallest absolute Gasteiger partial charge is 0.0336 e. The lowest BCUT2D eigenvalue weighted by atomic mass is 9.73. The van der Waals surface area contributed by atoms with Crippen LogP contribution < -0.4 is 0 Å². The number of rotatable bonds is 0. The molecule has 0 heterocycles. The molecule has 2 heteroatoms. The van der Waals surface area contributed by atoms with Crippen LogP contribution in [0.15, 0.2) is 45.3 Å². The molecule has 0 unspecified atom stereocenters. The lowest BCUT2D eigenvalue weighted by molar-refractivity contribution is 0.534. The van der Waals surface area contributed by atoms with Crippen LogP contribution in [0.25, 0.3) is 21.5 Å². The molecule has 0 N–H and O–H groups in total. The molecule has 24 heavy (non-hydrogen) atoms. The van der Waals surface area contributed by atoms with Crippen molar-refractivity contribution in [3.63, 3.8) is 0 Å². The second-order valence-electron chi connectivity index (χ2n) is 8.58. The highest BCUT2D eigenvalue weighted by atomic mass is 79.9. The highest BCUT2D eigenvalue weighted by Crippen LogP contribution is 2.46. The van der Waals surface area contributed by atoms with Gasteiger partial charge in [0.2, 0.25) is 0 Å². The van der Waals surface area contributed by atoms with Gasteiger partial charge in [-0.1, -0.05) is 77.9 Å². The Labute approximate surface area is 161 Å². The topological polar surface area (TPSA) is 0 Å². The monoisotopic (exact) mass is 446 g/mol. The van der Waals surface area contributed by atoms with E-state index in [1.54, 1.807) is 0 Å². The van der Waals surface area contributed by atoms with Gasteiger partial charge in [-0.25, -0.2) is 0 Å². The maximum atomic E-state index is 3.94. The van der Waals surface area contributed by atoms with E-state index in [-0.39, 0.29) is 10.8 Å². The first-order valence-electron chi connectivity index (χ1n) is 8.37. The summed E-state index contributed by atoms with van der Waals surface area (Å²) < 4.78 is 2.38. The fourth-order valence-corrected chi connectivity index (χ4v) is 5.00. The SMILES string of the molecule is CC(C)(C)c1ccc2c(Br)c3ccccc3c(Br)c2c1C(C)(C)C. The average Bonchev–Trinajstić information content (AvgIpc) is 2.49. The largest absolute Gasteiger partial charge is 0.0616 e. The zero-order valence-electron chi connectivity index (χ0n) is 15.2. The summed E-state index contributed by atoms with van der Waals surface area (Å²) in [6.07, 6.45) is 0. The van der Waals surface area contributed by atoms with Crippen molar-refractivity contribution in [2.45, 2.75) is 52.4 Å². The van der Waals surface area contributed by atoms with Crippen LogP contribution >= 0.6 is 31.9 Å². The van der Waals surface area contributed by atoms with Crippen LogP contribution in [0, 0.1) is 0 Å². The van der Waals surface area contributed by atoms with Crippen molar-refractivity contribution in [1.82, 2.24) is 0 Å². The van der Waals surface area contributed by atoms with Crippen molar-refractivity contribution < 1.29 is 0 Å². The van der Waals surface area contributed by atoms with E-state index in [2.05, 4.69) is 110 Å². The molecule has 0 fully saturated rings. The van der Waals surface area contributed by atoms with Gasteiger partial charge in [0, 0.05) is 14.3 Å². The Balaban J connectivity index is 2.64. The molecule has 0 atom stereocenters. The van der Waals surface area contributed by atoms with Gasteiger partial charge in [0.1, 0.15) is 0 Å². The standard InChI is InChI=1S/C22H24Br2/c1-21(2,3)16-12-11-15-17(18(16)22(4,5)6)20(24)14-10-8-7-9-13(14)19(15)23/h7-12H,1-6H3. The van der Waals surface area contributed by atoms with Crippen LogP contribution in [0.1, 0.15) is 52.7 Å². The predicted molar refractivity (Wildman–Crippen MR) is 114 cm³/mol. The van der Waals surface area contributed by atoms with Crippen molar-refractivity contribution in [3.05, 3.63) is 56.5 Å². The van der Waals surface area contributed by atoms with Gasteiger partial charge in [0.15, 0.2) is 0 Å². The first-order chi connectivity index (χ1) is 11.0. The molecule has 3 aromatic rings. The Kier molecular flexibility index (Phi) is 4.37. The molecule has 0 radical (unpaired) electrons. The van der Waals surface area contributed by atoms with Crippen molar-refractivity contribution in [2.24, 2.45) is 0 Å². The van der Waals surface area contributed by atoms with Gasteiger partial charge >= 0.3 is 0 Å². The fourth-order valence-electron chi connectivity index (χ4n) is 3.56. The van der Waals surface area contributed by atoms with E-state index in [1.807, 2.05) is 0 Å². The molecule has 0 saturated carbocycles. The normalized spacial score (nSPS) is 13.0. The van der Waals surface area contributed by atoms with Crippen molar-refractivity contribution in [2.75, 3.05) is 0 Å². The molecule has 0 aromatic heterocycles. The van der Waals surface area contributed by atoms with Crippen molar-refractivity contribution in [3.8, 4) is 0 Å². The Morgan fingerprint density at radius 2 is 1.17 bits per heavy atom. The first kappa shape index (κ1) is 17.9. The Bertz CT molecular complexity index is 938. The summed E-state index contributed by atoms with van der Waals surface area (Å²) in [5.41, 5.74) is 3.03. The summed E-state index contributed by atoms with van der Waals surface area (Å²) in [5, 5.41) is 5.12. The van der Waals surface area contributed by atoms with Gasteiger partial charge in [0.25, 0.3) is 0 Å². The van der Waals surface area contributed by atoms with Crippen molar-refractivity contribution >= 4 is 53.4 Å². The molecule has 3 rings (SSSR count). The predicted octanol–water partition coefficient (Wildman–Crippen LogP) is 8.11. The highest BCUT2D eigenvalue weighted by molar-refractivity contribution is 9.11. The fraction of sp³-hybridized carbons (Fsp3) is 0.364. The molecular weight excluding hydrogens is 424 g/mol. The summed E-state index contributed by atoms with van der Waals surface area (Å²) in [7, 11) is 0. The van der Waals surface area contributed by atoms with Gasteiger partial charge in [-0.15, -0.1) is 0 Å². The molecule has 0 nitrogen and oxygen atoms in total. The molecular formula is C22H24Br2. The molecule has 0 bridgehead atoms. The van der Waals surface area contributed by atoms with Gasteiger partial charge in [0.05, 0.1) is 0 Å². The number of benzene rings is 3. The lowest BCUT2D eigenvalue weighted by Gasteiger charge is -2.32. The van der Waals surface area contributed by atoms with Gasteiger partial charge in [-0.2, -0.15) is 0 Å². The third-order valence-electron chi connectivity index (χ3n) is 4.62. The quantitative estimate of drug-likeness (QED) is 0.305. The minimum absolute atomic E-state index is 0.0620. The van der Waals surface area contributed by atoms with Gasteiger partial charge in [-0.3, -0.25) is 0 Å². The maximum Gasteiger partial charge on any atom is 0.0336 e. The minimum atomic E-state index is 0.0620. The van der Waals surface area contributed by atoms with E-state index in [1.165, 1.54) is 41.6 Å². The number of halogens is 2. The van der Waals surface area contributed by atoms with Crippen LogP contribution in [0.3, 0.4) is 0 Å². The van der Waals surface area contributed by atoms with Crippen molar-refractivity contribution in [1.29, 1.82) is 0 Å². The average molecular weight is 448 g/mol. The second kappa shape index (κ2) is 5.85. The first-order valence-corrected chi connectivity index (χ1v) is 9.95. The molecule has 0 amide bonds.